The molecule has 0 radical (unpaired) electrons. The fraction of sp³-hybridized carbons (Fsp3) is 0.320. The van der Waals surface area contributed by atoms with Gasteiger partial charge < -0.3 is 20.1 Å². The summed E-state index contributed by atoms with van der Waals surface area (Å²) in [6.07, 6.45) is -2.89. The van der Waals surface area contributed by atoms with E-state index in [1.165, 1.54) is 17.2 Å². The highest BCUT2D eigenvalue weighted by Crippen LogP contribution is 2.28. The number of hydrogen-bond acceptors (Lipinski definition) is 7. The first-order chi connectivity index (χ1) is 18.3. The Hall–Kier alpha value is -4.62. The Labute approximate surface area is 221 Å². The Morgan fingerprint density at radius 2 is 1.62 bits per heavy atom. The average molecular weight is 549 g/mol. The van der Waals surface area contributed by atoms with E-state index in [2.05, 4.69) is 30.6 Å². The van der Waals surface area contributed by atoms with Gasteiger partial charge in [-0.3, -0.25) is 14.7 Å². The molecule has 3 amide bonds. The summed E-state index contributed by atoms with van der Waals surface area (Å²) in [5.41, 5.74) is -0.194. The van der Waals surface area contributed by atoms with Crippen LogP contribution in [0, 0.1) is 0 Å². The van der Waals surface area contributed by atoms with Crippen molar-refractivity contribution in [2.75, 3.05) is 24.6 Å². The number of rotatable bonds is 9. The number of benzene rings is 1. The van der Waals surface area contributed by atoms with Crippen LogP contribution in [0.15, 0.2) is 54.9 Å². The second kappa shape index (κ2) is 12.3. The summed E-state index contributed by atoms with van der Waals surface area (Å²) in [5, 5.41) is 11.8. The number of alkyl halides is 3. The highest BCUT2D eigenvalue weighted by atomic mass is 19.4. The van der Waals surface area contributed by atoms with Gasteiger partial charge in [0.05, 0.1) is 17.4 Å². The minimum atomic E-state index is -4.51. The zero-order chi connectivity index (χ0) is 28.6. The summed E-state index contributed by atoms with van der Waals surface area (Å²) in [4.78, 5) is 43.1. The van der Waals surface area contributed by atoms with Gasteiger partial charge in [-0.2, -0.15) is 18.3 Å². The van der Waals surface area contributed by atoms with Crippen LogP contribution >= 0.6 is 0 Å². The van der Waals surface area contributed by atoms with Gasteiger partial charge in [0.2, 0.25) is 5.88 Å². The summed E-state index contributed by atoms with van der Waals surface area (Å²) in [7, 11) is 0. The lowest BCUT2D eigenvalue weighted by atomic mass is 10.2. The van der Waals surface area contributed by atoms with E-state index in [1.54, 1.807) is 51.1 Å². The molecule has 2 aromatic heterocycles. The number of anilines is 2. The predicted molar refractivity (Wildman–Crippen MR) is 134 cm³/mol. The van der Waals surface area contributed by atoms with E-state index < -0.39 is 36.3 Å². The van der Waals surface area contributed by atoms with Crippen LogP contribution in [-0.4, -0.2) is 64.6 Å². The Morgan fingerprint density at radius 3 is 2.21 bits per heavy atom. The summed E-state index contributed by atoms with van der Waals surface area (Å²) in [6, 6.07) is 11.0. The molecule has 0 aliphatic carbocycles. The molecule has 3 N–H and O–H groups in total. The first kappa shape index (κ1) is 28.9. The summed E-state index contributed by atoms with van der Waals surface area (Å²) >= 11 is 0. The lowest BCUT2D eigenvalue weighted by Gasteiger charge is -2.27. The van der Waals surface area contributed by atoms with Crippen molar-refractivity contribution in [2.45, 2.75) is 32.5 Å². The lowest BCUT2D eigenvalue weighted by molar-refractivity contribution is -0.154. The van der Waals surface area contributed by atoms with E-state index in [1.807, 2.05) is 0 Å². The summed E-state index contributed by atoms with van der Waals surface area (Å²) in [6.45, 7) is 3.70. The predicted octanol–water partition coefficient (Wildman–Crippen LogP) is 3.98. The Morgan fingerprint density at radius 1 is 0.949 bits per heavy atom. The van der Waals surface area contributed by atoms with Crippen LogP contribution in [0.25, 0.3) is 0 Å². The first-order valence-electron chi connectivity index (χ1n) is 11.7. The summed E-state index contributed by atoms with van der Waals surface area (Å²) in [5.74, 6) is -1.30. The molecule has 0 aliphatic rings. The molecule has 0 saturated carbocycles. The van der Waals surface area contributed by atoms with Gasteiger partial charge >= 0.3 is 12.3 Å². The minimum Gasteiger partial charge on any atom is -0.468 e. The fourth-order valence-electron chi connectivity index (χ4n) is 3.13. The number of carbonyl (C=O) groups is 3. The van der Waals surface area contributed by atoms with Crippen molar-refractivity contribution in [1.82, 2.24) is 25.8 Å². The van der Waals surface area contributed by atoms with Crippen molar-refractivity contribution in [3.8, 4) is 5.88 Å². The van der Waals surface area contributed by atoms with E-state index in [0.29, 0.717) is 5.69 Å². The van der Waals surface area contributed by atoms with E-state index in [0.717, 1.165) is 12.3 Å². The van der Waals surface area contributed by atoms with Crippen molar-refractivity contribution in [3.05, 3.63) is 66.0 Å². The number of hydrogen-bond donors (Lipinski definition) is 3. The van der Waals surface area contributed by atoms with Crippen molar-refractivity contribution >= 4 is 29.4 Å². The fourth-order valence-corrected chi connectivity index (χ4v) is 3.13. The van der Waals surface area contributed by atoms with Crippen molar-refractivity contribution < 1.29 is 37.0 Å². The van der Waals surface area contributed by atoms with Crippen LogP contribution < -0.4 is 20.3 Å². The third kappa shape index (κ3) is 8.72. The lowest BCUT2D eigenvalue weighted by Crippen LogP contribution is -2.37. The van der Waals surface area contributed by atoms with Crippen LogP contribution in [0.2, 0.25) is 0 Å². The molecule has 39 heavy (non-hydrogen) atoms. The zero-order valence-corrected chi connectivity index (χ0v) is 21.3. The molecular formula is C25H27F3N6O5. The molecule has 11 nitrogen and oxygen atoms in total. The maximum absolute atomic E-state index is 13.0. The molecule has 0 fully saturated rings. The monoisotopic (exact) mass is 548 g/mol. The van der Waals surface area contributed by atoms with Crippen LogP contribution in [0.4, 0.5) is 29.5 Å². The zero-order valence-electron chi connectivity index (χ0n) is 21.3. The Kier molecular flexibility index (Phi) is 9.12. The number of aromatic amines is 1. The standard InChI is InChI=1S/C25H27F3N6O5/c1-24(2,3)39-23(37)34(17-7-5-4-6-8-17)20-18(14-32-33-20)22(36)30-12-11-29-21(35)16-9-10-19(31-13-16)38-15-25(26,27)28/h4-10,13-14H,11-12,15H2,1-3H3,(H,29,35)(H,30,36)(H,32,33). The van der Waals surface area contributed by atoms with Gasteiger partial charge in [0.1, 0.15) is 11.2 Å². The van der Waals surface area contributed by atoms with Gasteiger partial charge in [0.15, 0.2) is 12.4 Å². The number of carbonyl (C=O) groups excluding carboxylic acids is 3. The number of nitrogens with zero attached hydrogens (tertiary/aromatic N) is 3. The Bertz CT molecular complexity index is 1270. The topological polar surface area (TPSA) is 139 Å². The number of nitrogens with one attached hydrogen (secondary N) is 3. The third-order valence-corrected chi connectivity index (χ3v) is 4.76. The van der Waals surface area contributed by atoms with E-state index in [4.69, 9.17) is 4.74 Å². The van der Waals surface area contributed by atoms with Crippen LogP contribution in [0.5, 0.6) is 5.88 Å². The molecule has 208 valence electrons. The number of para-hydroxylation sites is 1. The first-order valence-corrected chi connectivity index (χ1v) is 11.7. The van der Waals surface area contributed by atoms with E-state index >= 15 is 0 Å². The van der Waals surface area contributed by atoms with Crippen LogP contribution in [-0.2, 0) is 4.74 Å². The maximum atomic E-state index is 13.0. The van der Waals surface area contributed by atoms with E-state index in [-0.39, 0.29) is 35.9 Å². The number of pyridine rings is 1. The smallest absolute Gasteiger partial charge is 0.422 e. The third-order valence-electron chi connectivity index (χ3n) is 4.76. The van der Waals surface area contributed by atoms with Crippen LogP contribution in [0.3, 0.4) is 0 Å². The van der Waals surface area contributed by atoms with Gasteiger partial charge in [-0.05, 0) is 39.0 Å². The number of halogens is 3. The number of amides is 3. The highest BCUT2D eigenvalue weighted by molar-refractivity contribution is 6.05. The molecule has 0 bridgehead atoms. The molecule has 2 heterocycles. The molecule has 0 spiro atoms. The molecule has 0 aliphatic heterocycles. The average Bonchev–Trinajstić information content (AvgIpc) is 3.34. The molecular weight excluding hydrogens is 521 g/mol. The molecule has 14 heteroatoms. The SMILES string of the molecule is CC(C)(C)OC(=O)N(c1ccccc1)c1[nH]ncc1C(=O)NCCNC(=O)c1ccc(OCC(F)(F)F)nc1. The highest BCUT2D eigenvalue weighted by Gasteiger charge is 2.30. The molecule has 0 saturated heterocycles. The largest absolute Gasteiger partial charge is 0.468 e. The van der Waals surface area contributed by atoms with Crippen molar-refractivity contribution in [3.63, 3.8) is 0 Å². The van der Waals surface area contributed by atoms with Crippen molar-refractivity contribution in [1.29, 1.82) is 0 Å². The van der Waals surface area contributed by atoms with Gasteiger partial charge in [-0.15, -0.1) is 0 Å². The molecule has 0 unspecified atom stereocenters. The molecule has 3 rings (SSSR count). The second-order valence-corrected chi connectivity index (χ2v) is 9.08. The van der Waals surface area contributed by atoms with Gasteiger partial charge in [0.25, 0.3) is 11.8 Å². The minimum absolute atomic E-state index is 0.0210. The number of ether oxygens (including phenoxy) is 2. The number of aromatic nitrogens is 3. The van der Waals surface area contributed by atoms with Crippen molar-refractivity contribution in [2.24, 2.45) is 0 Å². The van der Waals surface area contributed by atoms with Gasteiger partial charge in [-0.1, -0.05) is 18.2 Å². The molecule has 1 aromatic carbocycles. The Balaban J connectivity index is 1.59. The number of H-pyrrole nitrogens is 1. The van der Waals surface area contributed by atoms with Crippen LogP contribution in [0.1, 0.15) is 41.5 Å². The van der Waals surface area contributed by atoms with Gasteiger partial charge in [-0.25, -0.2) is 14.7 Å². The summed E-state index contributed by atoms with van der Waals surface area (Å²) < 4.78 is 46.7. The molecule has 0 atom stereocenters. The normalized spacial score (nSPS) is 11.4. The molecule has 3 aromatic rings. The van der Waals surface area contributed by atoms with Gasteiger partial charge in [0, 0.05) is 25.4 Å². The van der Waals surface area contributed by atoms with E-state index in [9.17, 15) is 27.6 Å². The quantitative estimate of drug-likeness (QED) is 0.344. The second-order valence-electron chi connectivity index (χ2n) is 9.08. The maximum Gasteiger partial charge on any atom is 0.422 e.